The van der Waals surface area contributed by atoms with Crippen molar-refractivity contribution in [1.82, 2.24) is 9.78 Å². The highest BCUT2D eigenvalue weighted by atomic mass is 35.5. The van der Waals surface area contributed by atoms with Crippen molar-refractivity contribution < 1.29 is 4.39 Å². The number of halogens is 2. The predicted octanol–water partition coefficient (Wildman–Crippen LogP) is 3.51. The molecule has 2 rings (SSSR count). The SMILES string of the molecule is CC(C)n1cc(-c2cc(Cl)c(N)cc2F)cn1. The van der Waals surface area contributed by atoms with E-state index in [1.165, 1.54) is 12.1 Å². The summed E-state index contributed by atoms with van der Waals surface area (Å²) in [5, 5.41) is 4.51. The number of nitrogen functional groups attached to an aromatic ring is 1. The third kappa shape index (κ3) is 2.26. The first-order chi connectivity index (χ1) is 7.99. The van der Waals surface area contributed by atoms with E-state index in [4.69, 9.17) is 17.3 Å². The summed E-state index contributed by atoms with van der Waals surface area (Å²) < 4.78 is 15.5. The minimum atomic E-state index is -0.393. The van der Waals surface area contributed by atoms with Crippen molar-refractivity contribution in [3.05, 3.63) is 35.4 Å². The first kappa shape index (κ1) is 11.9. The minimum absolute atomic E-state index is 0.232. The molecule has 0 aliphatic heterocycles. The van der Waals surface area contributed by atoms with Crippen LogP contribution in [-0.2, 0) is 0 Å². The summed E-state index contributed by atoms with van der Waals surface area (Å²) in [5.74, 6) is -0.393. The standard InChI is InChI=1S/C12H13ClFN3/c1-7(2)17-6-8(5-16-17)9-3-10(13)12(15)4-11(9)14/h3-7H,15H2,1-2H3. The summed E-state index contributed by atoms with van der Waals surface area (Å²) in [6, 6.07) is 2.98. The van der Waals surface area contributed by atoms with Gasteiger partial charge in [0.1, 0.15) is 5.82 Å². The second-order valence-corrected chi connectivity index (χ2v) is 4.56. The van der Waals surface area contributed by atoms with Crippen LogP contribution in [0.2, 0.25) is 5.02 Å². The van der Waals surface area contributed by atoms with Gasteiger partial charge in [0, 0.05) is 23.4 Å². The summed E-state index contributed by atoms with van der Waals surface area (Å²) in [6.07, 6.45) is 3.40. The second-order valence-electron chi connectivity index (χ2n) is 4.16. The predicted molar refractivity (Wildman–Crippen MR) is 67.4 cm³/mol. The molecule has 1 aromatic heterocycles. The zero-order valence-corrected chi connectivity index (χ0v) is 10.4. The zero-order valence-electron chi connectivity index (χ0n) is 9.61. The molecule has 0 radical (unpaired) electrons. The zero-order chi connectivity index (χ0) is 12.6. The maximum absolute atomic E-state index is 13.8. The Morgan fingerprint density at radius 3 is 2.71 bits per heavy atom. The molecule has 5 heteroatoms. The smallest absolute Gasteiger partial charge is 0.133 e. The first-order valence-corrected chi connectivity index (χ1v) is 5.66. The fraction of sp³-hybridized carbons (Fsp3) is 0.250. The molecule has 0 atom stereocenters. The quantitative estimate of drug-likeness (QED) is 0.833. The van der Waals surface area contributed by atoms with E-state index in [-0.39, 0.29) is 11.7 Å². The van der Waals surface area contributed by atoms with Gasteiger partial charge in [0.2, 0.25) is 0 Å². The fourth-order valence-electron chi connectivity index (χ4n) is 1.54. The third-order valence-corrected chi connectivity index (χ3v) is 2.86. The van der Waals surface area contributed by atoms with Crippen LogP contribution in [0.4, 0.5) is 10.1 Å². The largest absolute Gasteiger partial charge is 0.397 e. The van der Waals surface area contributed by atoms with E-state index in [2.05, 4.69) is 5.10 Å². The van der Waals surface area contributed by atoms with E-state index in [1.54, 1.807) is 17.1 Å². The van der Waals surface area contributed by atoms with Gasteiger partial charge in [0.25, 0.3) is 0 Å². The van der Waals surface area contributed by atoms with Crippen LogP contribution < -0.4 is 5.73 Å². The number of hydrogen-bond donors (Lipinski definition) is 1. The molecule has 1 aromatic carbocycles. The van der Waals surface area contributed by atoms with Crippen LogP contribution in [0.5, 0.6) is 0 Å². The molecule has 0 fully saturated rings. The topological polar surface area (TPSA) is 43.8 Å². The summed E-state index contributed by atoms with van der Waals surface area (Å²) in [7, 11) is 0. The number of hydrogen-bond acceptors (Lipinski definition) is 2. The van der Waals surface area contributed by atoms with Crippen LogP contribution in [0.1, 0.15) is 19.9 Å². The molecule has 0 unspecified atom stereocenters. The molecular weight excluding hydrogens is 241 g/mol. The van der Waals surface area contributed by atoms with Gasteiger partial charge in [0.05, 0.1) is 16.9 Å². The van der Waals surface area contributed by atoms with E-state index in [0.29, 0.717) is 16.1 Å². The van der Waals surface area contributed by atoms with Crippen LogP contribution in [0.3, 0.4) is 0 Å². The van der Waals surface area contributed by atoms with Crippen LogP contribution in [-0.4, -0.2) is 9.78 Å². The Morgan fingerprint density at radius 2 is 2.12 bits per heavy atom. The number of nitrogens with two attached hydrogens (primary N) is 1. The lowest BCUT2D eigenvalue weighted by Crippen LogP contribution is -1.99. The fourth-order valence-corrected chi connectivity index (χ4v) is 1.71. The van der Waals surface area contributed by atoms with Crippen molar-refractivity contribution in [2.24, 2.45) is 0 Å². The lowest BCUT2D eigenvalue weighted by Gasteiger charge is -2.05. The van der Waals surface area contributed by atoms with Gasteiger partial charge in [-0.05, 0) is 26.0 Å². The molecule has 0 amide bonds. The number of rotatable bonds is 2. The molecular formula is C12H13ClFN3. The second kappa shape index (κ2) is 4.37. The summed E-state index contributed by atoms with van der Waals surface area (Å²) >= 11 is 5.89. The van der Waals surface area contributed by atoms with E-state index >= 15 is 0 Å². The summed E-state index contributed by atoms with van der Waals surface area (Å²) in [5.41, 5.74) is 6.87. The molecule has 0 saturated carbocycles. The van der Waals surface area contributed by atoms with Gasteiger partial charge in [-0.1, -0.05) is 11.6 Å². The van der Waals surface area contributed by atoms with Crippen LogP contribution >= 0.6 is 11.6 Å². The molecule has 0 aliphatic rings. The van der Waals surface area contributed by atoms with E-state index < -0.39 is 5.82 Å². The molecule has 0 spiro atoms. The molecule has 1 heterocycles. The van der Waals surface area contributed by atoms with Gasteiger partial charge in [-0.15, -0.1) is 0 Å². The Bertz CT molecular complexity index is 549. The van der Waals surface area contributed by atoms with Gasteiger partial charge in [-0.2, -0.15) is 5.10 Å². The van der Waals surface area contributed by atoms with E-state index in [0.717, 1.165) is 0 Å². The Balaban J connectivity index is 2.49. The Morgan fingerprint density at radius 1 is 1.41 bits per heavy atom. The number of nitrogens with zero attached hydrogens (tertiary/aromatic N) is 2. The molecule has 2 aromatic rings. The van der Waals surface area contributed by atoms with Crippen molar-refractivity contribution in [2.45, 2.75) is 19.9 Å². The molecule has 2 N–H and O–H groups in total. The Labute approximate surface area is 104 Å². The van der Waals surface area contributed by atoms with Gasteiger partial charge in [-0.3, -0.25) is 4.68 Å². The van der Waals surface area contributed by atoms with Gasteiger partial charge >= 0.3 is 0 Å². The molecule has 17 heavy (non-hydrogen) atoms. The average molecular weight is 254 g/mol. The van der Waals surface area contributed by atoms with Crippen LogP contribution in [0.15, 0.2) is 24.5 Å². The normalized spacial score (nSPS) is 11.1. The monoisotopic (exact) mass is 253 g/mol. The van der Waals surface area contributed by atoms with Gasteiger partial charge in [-0.25, -0.2) is 4.39 Å². The summed E-state index contributed by atoms with van der Waals surface area (Å²) in [4.78, 5) is 0. The third-order valence-electron chi connectivity index (χ3n) is 2.53. The average Bonchev–Trinajstić information content (AvgIpc) is 2.72. The number of aromatic nitrogens is 2. The van der Waals surface area contributed by atoms with Crippen molar-refractivity contribution in [3.8, 4) is 11.1 Å². The molecule has 0 bridgehead atoms. The lowest BCUT2D eigenvalue weighted by atomic mass is 10.1. The molecule has 90 valence electrons. The molecule has 0 saturated heterocycles. The number of benzene rings is 1. The number of anilines is 1. The van der Waals surface area contributed by atoms with Gasteiger partial charge < -0.3 is 5.73 Å². The van der Waals surface area contributed by atoms with Crippen molar-refractivity contribution in [1.29, 1.82) is 0 Å². The van der Waals surface area contributed by atoms with Crippen molar-refractivity contribution in [3.63, 3.8) is 0 Å². The Hall–Kier alpha value is -1.55. The van der Waals surface area contributed by atoms with Gasteiger partial charge in [0.15, 0.2) is 0 Å². The Kier molecular flexibility index (Phi) is 3.07. The highest BCUT2D eigenvalue weighted by molar-refractivity contribution is 6.33. The van der Waals surface area contributed by atoms with Crippen LogP contribution in [0, 0.1) is 5.82 Å². The lowest BCUT2D eigenvalue weighted by molar-refractivity contribution is 0.532. The highest BCUT2D eigenvalue weighted by Gasteiger charge is 2.11. The molecule has 0 aliphatic carbocycles. The van der Waals surface area contributed by atoms with Crippen molar-refractivity contribution in [2.75, 3.05) is 5.73 Å². The summed E-state index contributed by atoms with van der Waals surface area (Å²) in [6.45, 7) is 4.01. The van der Waals surface area contributed by atoms with E-state index in [1.807, 2.05) is 13.8 Å². The maximum Gasteiger partial charge on any atom is 0.133 e. The van der Waals surface area contributed by atoms with E-state index in [9.17, 15) is 4.39 Å². The first-order valence-electron chi connectivity index (χ1n) is 5.28. The van der Waals surface area contributed by atoms with Crippen LogP contribution in [0.25, 0.3) is 11.1 Å². The van der Waals surface area contributed by atoms with Crippen molar-refractivity contribution >= 4 is 17.3 Å². The maximum atomic E-state index is 13.8. The molecule has 3 nitrogen and oxygen atoms in total. The highest BCUT2D eigenvalue weighted by Crippen LogP contribution is 2.30. The minimum Gasteiger partial charge on any atom is -0.397 e.